The van der Waals surface area contributed by atoms with Crippen molar-refractivity contribution < 1.29 is 24.1 Å². The van der Waals surface area contributed by atoms with E-state index in [-0.39, 0.29) is 11.1 Å². The molecular formula is C13H14ClN5O5. The number of rotatable bonds is 2. The van der Waals surface area contributed by atoms with Gasteiger partial charge in [0.15, 0.2) is 29.6 Å². The molecule has 2 saturated heterocycles. The molecule has 3 N–H and O–H groups in total. The Kier molecular flexibility index (Phi) is 3.23. The standard InChI is InChI=1S/C13H14ClN5O5/c1-13(2)23-5-6(24-13)10(22-7(5)11(20)21)19-3-16-4-8(15)17-12(14)18-9(4)19/h3,5-7,10H,1-2H3,(H,20,21)(H2,15,17,18)/t5-,6+,7-,10+/m0/s1. The Balaban J connectivity index is 1.80. The summed E-state index contributed by atoms with van der Waals surface area (Å²) >= 11 is 5.86. The van der Waals surface area contributed by atoms with Crippen LogP contribution in [0.4, 0.5) is 5.82 Å². The fraction of sp³-hybridized carbons (Fsp3) is 0.538. The van der Waals surface area contributed by atoms with Crippen molar-refractivity contribution in [2.24, 2.45) is 0 Å². The van der Waals surface area contributed by atoms with Crippen LogP contribution in [0.15, 0.2) is 6.33 Å². The molecule has 11 heteroatoms. The molecule has 4 rings (SSSR count). The normalized spacial score (nSPS) is 31.5. The van der Waals surface area contributed by atoms with Crippen molar-refractivity contribution >= 4 is 34.6 Å². The Morgan fingerprint density at radius 2 is 2.08 bits per heavy atom. The van der Waals surface area contributed by atoms with E-state index < -0.39 is 36.3 Å². The topological polar surface area (TPSA) is 135 Å². The van der Waals surface area contributed by atoms with E-state index in [1.165, 1.54) is 10.9 Å². The quantitative estimate of drug-likeness (QED) is 0.741. The molecule has 2 aliphatic heterocycles. The first-order valence-electron chi connectivity index (χ1n) is 7.16. The summed E-state index contributed by atoms with van der Waals surface area (Å²) in [5, 5.41) is 9.35. The van der Waals surface area contributed by atoms with Crippen LogP contribution in [0.25, 0.3) is 11.2 Å². The van der Waals surface area contributed by atoms with Crippen LogP contribution in [0.1, 0.15) is 20.1 Å². The number of hydrogen-bond donors (Lipinski definition) is 2. The molecule has 4 heterocycles. The number of nitrogens with two attached hydrogens (primary N) is 1. The zero-order valence-electron chi connectivity index (χ0n) is 12.7. The average Bonchev–Trinajstić information content (AvgIpc) is 3.09. The lowest BCUT2D eigenvalue weighted by atomic mass is 10.1. The first-order valence-corrected chi connectivity index (χ1v) is 7.54. The molecule has 4 atom stereocenters. The third-order valence-corrected chi connectivity index (χ3v) is 4.14. The first kappa shape index (κ1) is 15.5. The number of imidazole rings is 1. The third kappa shape index (κ3) is 2.22. The Bertz CT molecular complexity index is 840. The van der Waals surface area contributed by atoms with Crippen LogP contribution >= 0.6 is 11.6 Å². The maximum atomic E-state index is 11.5. The number of ether oxygens (including phenoxy) is 3. The highest BCUT2D eigenvalue weighted by Gasteiger charge is 2.58. The van der Waals surface area contributed by atoms with Gasteiger partial charge in [0.1, 0.15) is 17.7 Å². The van der Waals surface area contributed by atoms with Gasteiger partial charge in [0, 0.05) is 0 Å². The summed E-state index contributed by atoms with van der Waals surface area (Å²) in [5.41, 5.74) is 6.47. The lowest BCUT2D eigenvalue weighted by Gasteiger charge is -2.23. The largest absolute Gasteiger partial charge is 0.479 e. The first-order chi connectivity index (χ1) is 11.3. The molecule has 0 amide bonds. The molecular weight excluding hydrogens is 342 g/mol. The minimum atomic E-state index is -1.17. The SMILES string of the molecule is CC1(C)O[C@@H]2[C@H](O1)[C@@H](C(=O)O)O[C@H]2n1cnc2c(N)nc(Cl)nc21. The number of hydrogen-bond acceptors (Lipinski definition) is 8. The molecule has 0 unspecified atom stereocenters. The number of anilines is 1. The fourth-order valence-corrected chi connectivity index (χ4v) is 3.27. The van der Waals surface area contributed by atoms with E-state index >= 15 is 0 Å². The molecule has 0 saturated carbocycles. The second-order valence-electron chi connectivity index (χ2n) is 6.05. The third-order valence-electron chi connectivity index (χ3n) is 3.97. The maximum absolute atomic E-state index is 11.5. The molecule has 2 aromatic rings. The minimum Gasteiger partial charge on any atom is -0.479 e. The van der Waals surface area contributed by atoms with Gasteiger partial charge < -0.3 is 25.1 Å². The molecule has 24 heavy (non-hydrogen) atoms. The van der Waals surface area contributed by atoms with Gasteiger partial charge in [-0.05, 0) is 25.4 Å². The number of halogens is 1. The van der Waals surface area contributed by atoms with Crippen molar-refractivity contribution in [3.8, 4) is 0 Å². The number of carboxylic acids is 1. The van der Waals surface area contributed by atoms with Crippen LogP contribution in [0.2, 0.25) is 5.28 Å². The van der Waals surface area contributed by atoms with Crippen LogP contribution in [-0.4, -0.2) is 54.7 Å². The van der Waals surface area contributed by atoms with E-state index in [0.29, 0.717) is 11.2 Å². The molecule has 10 nitrogen and oxygen atoms in total. The predicted molar refractivity (Wildman–Crippen MR) is 80.1 cm³/mol. The van der Waals surface area contributed by atoms with E-state index in [4.69, 9.17) is 31.5 Å². The number of fused-ring (bicyclic) bond motifs is 2. The number of nitrogen functional groups attached to an aromatic ring is 1. The Hall–Kier alpha value is -2.01. The summed E-state index contributed by atoms with van der Waals surface area (Å²) in [6, 6.07) is 0. The lowest BCUT2D eigenvalue weighted by Crippen LogP contribution is -2.35. The van der Waals surface area contributed by atoms with Gasteiger partial charge in [-0.2, -0.15) is 9.97 Å². The van der Waals surface area contributed by atoms with Crippen molar-refractivity contribution in [3.63, 3.8) is 0 Å². The molecule has 128 valence electrons. The van der Waals surface area contributed by atoms with Crippen molar-refractivity contribution in [1.29, 1.82) is 0 Å². The highest BCUT2D eigenvalue weighted by molar-refractivity contribution is 6.28. The summed E-state index contributed by atoms with van der Waals surface area (Å²) in [6.07, 6.45) is -1.93. The molecule has 0 aromatic carbocycles. The second-order valence-corrected chi connectivity index (χ2v) is 6.39. The summed E-state index contributed by atoms with van der Waals surface area (Å²) in [6.45, 7) is 3.43. The van der Waals surface area contributed by atoms with Gasteiger partial charge in [0.05, 0.1) is 6.33 Å². The van der Waals surface area contributed by atoms with Gasteiger partial charge in [0.25, 0.3) is 0 Å². The molecule has 0 bridgehead atoms. The number of aliphatic carboxylic acids is 1. The summed E-state index contributed by atoms with van der Waals surface area (Å²) < 4.78 is 18.7. The predicted octanol–water partition coefficient (Wildman–Crippen LogP) is 0.564. The fourth-order valence-electron chi connectivity index (χ4n) is 3.10. The van der Waals surface area contributed by atoms with Crippen molar-refractivity contribution in [1.82, 2.24) is 19.5 Å². The van der Waals surface area contributed by atoms with Crippen molar-refractivity contribution in [2.75, 3.05) is 5.73 Å². The van der Waals surface area contributed by atoms with Crippen LogP contribution < -0.4 is 5.73 Å². The van der Waals surface area contributed by atoms with Gasteiger partial charge in [-0.1, -0.05) is 0 Å². The van der Waals surface area contributed by atoms with Crippen LogP contribution in [0, 0.1) is 0 Å². The molecule has 2 aliphatic rings. The van der Waals surface area contributed by atoms with Gasteiger partial charge in [-0.25, -0.2) is 9.78 Å². The summed E-state index contributed by atoms with van der Waals surface area (Å²) in [4.78, 5) is 23.6. The van der Waals surface area contributed by atoms with E-state index in [1.54, 1.807) is 13.8 Å². The zero-order valence-corrected chi connectivity index (χ0v) is 13.5. The van der Waals surface area contributed by atoms with Crippen LogP contribution in [0.5, 0.6) is 0 Å². The van der Waals surface area contributed by atoms with Gasteiger partial charge in [-0.3, -0.25) is 4.57 Å². The lowest BCUT2D eigenvalue weighted by molar-refractivity contribution is -0.202. The Labute approximate surface area is 140 Å². The van der Waals surface area contributed by atoms with E-state index in [2.05, 4.69) is 15.0 Å². The average molecular weight is 356 g/mol. The molecule has 2 aromatic heterocycles. The van der Waals surface area contributed by atoms with Crippen molar-refractivity contribution in [2.45, 2.75) is 44.2 Å². The molecule has 0 radical (unpaired) electrons. The van der Waals surface area contributed by atoms with E-state index in [9.17, 15) is 9.90 Å². The number of aromatic nitrogens is 4. The summed E-state index contributed by atoms with van der Waals surface area (Å²) in [7, 11) is 0. The number of carboxylic acid groups (broad SMARTS) is 1. The monoisotopic (exact) mass is 355 g/mol. The van der Waals surface area contributed by atoms with Crippen molar-refractivity contribution in [3.05, 3.63) is 11.6 Å². The number of nitrogens with zero attached hydrogens (tertiary/aromatic N) is 4. The Morgan fingerprint density at radius 3 is 2.79 bits per heavy atom. The minimum absolute atomic E-state index is 0.0463. The number of carbonyl (C=O) groups is 1. The van der Waals surface area contributed by atoms with Crippen LogP contribution in [-0.2, 0) is 19.0 Å². The van der Waals surface area contributed by atoms with E-state index in [0.717, 1.165) is 0 Å². The van der Waals surface area contributed by atoms with Crippen LogP contribution in [0.3, 0.4) is 0 Å². The molecule has 2 fully saturated rings. The highest BCUT2D eigenvalue weighted by atomic mass is 35.5. The van der Waals surface area contributed by atoms with Gasteiger partial charge in [-0.15, -0.1) is 0 Å². The maximum Gasteiger partial charge on any atom is 0.335 e. The molecule has 0 aliphatic carbocycles. The molecule has 0 spiro atoms. The Morgan fingerprint density at radius 1 is 1.38 bits per heavy atom. The van der Waals surface area contributed by atoms with Gasteiger partial charge >= 0.3 is 5.97 Å². The van der Waals surface area contributed by atoms with E-state index in [1.807, 2.05) is 0 Å². The van der Waals surface area contributed by atoms with Gasteiger partial charge in [0.2, 0.25) is 5.28 Å². The zero-order chi connectivity index (χ0) is 17.2. The smallest absolute Gasteiger partial charge is 0.335 e. The summed E-state index contributed by atoms with van der Waals surface area (Å²) in [5.74, 6) is -1.94. The second kappa shape index (κ2) is 4.99. The highest BCUT2D eigenvalue weighted by Crippen LogP contribution is 2.43.